The highest BCUT2D eigenvalue weighted by atomic mass is 16.6. The SMILES string of the molecule is C=NN(/C=C\C)c1ccc(CO/N=C/CCCCC)cn1. The van der Waals surface area contributed by atoms with E-state index in [0.29, 0.717) is 6.61 Å². The second-order valence-electron chi connectivity index (χ2n) is 4.55. The first kappa shape index (κ1) is 16.9. The van der Waals surface area contributed by atoms with Crippen LogP contribution in [0.25, 0.3) is 0 Å². The molecule has 0 saturated heterocycles. The van der Waals surface area contributed by atoms with Crippen LogP contribution in [-0.2, 0) is 11.4 Å². The van der Waals surface area contributed by atoms with Gasteiger partial charge in [0.15, 0.2) is 5.82 Å². The van der Waals surface area contributed by atoms with E-state index in [4.69, 9.17) is 4.84 Å². The summed E-state index contributed by atoms with van der Waals surface area (Å²) >= 11 is 0. The second-order valence-corrected chi connectivity index (χ2v) is 4.55. The van der Waals surface area contributed by atoms with Gasteiger partial charge in [0.05, 0.1) is 0 Å². The Morgan fingerprint density at radius 2 is 2.24 bits per heavy atom. The number of unbranched alkanes of at least 4 members (excludes halogenated alkanes) is 3. The van der Waals surface area contributed by atoms with Crippen molar-refractivity contribution in [1.29, 1.82) is 0 Å². The third kappa shape index (κ3) is 6.70. The molecule has 0 aromatic carbocycles. The highest BCUT2D eigenvalue weighted by molar-refractivity contribution is 5.56. The van der Waals surface area contributed by atoms with E-state index in [1.807, 2.05) is 31.3 Å². The van der Waals surface area contributed by atoms with Gasteiger partial charge < -0.3 is 4.84 Å². The van der Waals surface area contributed by atoms with Crippen LogP contribution in [0.4, 0.5) is 5.82 Å². The molecule has 0 aliphatic heterocycles. The second kappa shape index (κ2) is 10.6. The number of nitrogens with zero attached hydrogens (tertiary/aromatic N) is 4. The van der Waals surface area contributed by atoms with Gasteiger partial charge in [0, 0.05) is 30.9 Å². The Kier molecular flexibility index (Phi) is 8.52. The summed E-state index contributed by atoms with van der Waals surface area (Å²) in [5.74, 6) is 0.718. The highest BCUT2D eigenvalue weighted by Crippen LogP contribution is 2.12. The van der Waals surface area contributed by atoms with Gasteiger partial charge in [-0.15, -0.1) is 0 Å². The molecule has 0 unspecified atom stereocenters. The molecule has 0 aliphatic carbocycles. The molecule has 0 saturated carbocycles. The molecule has 0 N–H and O–H groups in total. The summed E-state index contributed by atoms with van der Waals surface area (Å²) in [6.07, 6.45) is 11.8. The van der Waals surface area contributed by atoms with Crippen molar-refractivity contribution in [3.8, 4) is 0 Å². The topological polar surface area (TPSA) is 50.1 Å². The van der Waals surface area contributed by atoms with E-state index in [9.17, 15) is 0 Å². The van der Waals surface area contributed by atoms with Gasteiger partial charge in [-0.1, -0.05) is 37.1 Å². The quantitative estimate of drug-likeness (QED) is 0.369. The van der Waals surface area contributed by atoms with Crippen molar-refractivity contribution in [3.63, 3.8) is 0 Å². The Balaban J connectivity index is 2.39. The maximum atomic E-state index is 5.24. The Morgan fingerprint density at radius 1 is 1.38 bits per heavy atom. The lowest BCUT2D eigenvalue weighted by Gasteiger charge is -2.12. The molecule has 0 spiro atoms. The summed E-state index contributed by atoms with van der Waals surface area (Å²) in [6, 6.07) is 3.81. The van der Waals surface area contributed by atoms with Crippen molar-refractivity contribution in [1.82, 2.24) is 4.98 Å². The van der Waals surface area contributed by atoms with Gasteiger partial charge in [0.1, 0.15) is 6.61 Å². The fourth-order valence-electron chi connectivity index (χ4n) is 1.68. The van der Waals surface area contributed by atoms with Gasteiger partial charge in [0.2, 0.25) is 0 Å². The zero-order valence-corrected chi connectivity index (χ0v) is 12.9. The van der Waals surface area contributed by atoms with Crippen molar-refractivity contribution in [2.45, 2.75) is 46.1 Å². The van der Waals surface area contributed by atoms with E-state index in [1.165, 1.54) is 12.8 Å². The summed E-state index contributed by atoms with van der Waals surface area (Å²) in [5.41, 5.74) is 0.967. The number of aromatic nitrogens is 1. The van der Waals surface area contributed by atoms with Gasteiger partial charge in [0.25, 0.3) is 0 Å². The van der Waals surface area contributed by atoms with Crippen LogP contribution < -0.4 is 5.01 Å². The Hall–Kier alpha value is -2.17. The Labute approximate surface area is 127 Å². The Morgan fingerprint density at radius 3 is 2.86 bits per heavy atom. The molecule has 0 aliphatic rings. The van der Waals surface area contributed by atoms with Crippen molar-refractivity contribution >= 4 is 18.7 Å². The van der Waals surface area contributed by atoms with Crippen molar-refractivity contribution in [3.05, 3.63) is 36.2 Å². The predicted octanol–water partition coefficient (Wildman–Crippen LogP) is 4.12. The zero-order chi connectivity index (χ0) is 15.3. The molecule has 0 amide bonds. The average molecular weight is 288 g/mol. The fourth-order valence-corrected chi connectivity index (χ4v) is 1.68. The molecule has 1 rings (SSSR count). The molecule has 5 heteroatoms. The normalized spacial score (nSPS) is 11.1. The number of hydrogen-bond acceptors (Lipinski definition) is 5. The molecule has 0 fully saturated rings. The highest BCUT2D eigenvalue weighted by Gasteiger charge is 2.01. The molecule has 114 valence electrons. The van der Waals surface area contributed by atoms with Crippen LogP contribution in [-0.4, -0.2) is 17.9 Å². The summed E-state index contributed by atoms with van der Waals surface area (Å²) in [6.45, 7) is 8.03. The maximum absolute atomic E-state index is 5.24. The van der Waals surface area contributed by atoms with Crippen LogP contribution in [0.2, 0.25) is 0 Å². The number of hydrogen-bond donors (Lipinski definition) is 0. The van der Waals surface area contributed by atoms with Crippen LogP contribution in [0.1, 0.15) is 45.1 Å². The van der Waals surface area contributed by atoms with Gasteiger partial charge in [-0.25, -0.2) is 9.99 Å². The number of anilines is 1. The minimum atomic E-state index is 0.419. The third-order valence-corrected chi connectivity index (χ3v) is 2.80. The lowest BCUT2D eigenvalue weighted by molar-refractivity contribution is 0.131. The van der Waals surface area contributed by atoms with Crippen LogP contribution in [0.15, 0.2) is 40.9 Å². The van der Waals surface area contributed by atoms with Crippen molar-refractivity contribution < 1.29 is 4.84 Å². The smallest absolute Gasteiger partial charge is 0.153 e. The van der Waals surface area contributed by atoms with E-state index in [1.54, 1.807) is 17.4 Å². The first-order valence-electron chi connectivity index (χ1n) is 7.29. The lowest BCUT2D eigenvalue weighted by Crippen LogP contribution is -2.08. The molecular formula is C16H24N4O. The van der Waals surface area contributed by atoms with Crippen molar-refractivity contribution in [2.24, 2.45) is 10.3 Å². The number of pyridine rings is 1. The minimum absolute atomic E-state index is 0.419. The summed E-state index contributed by atoms with van der Waals surface area (Å²) in [5, 5.41) is 9.41. The van der Waals surface area contributed by atoms with Crippen LogP contribution >= 0.6 is 0 Å². The van der Waals surface area contributed by atoms with Gasteiger partial charge in [-0.05, 0) is 25.8 Å². The van der Waals surface area contributed by atoms with E-state index in [2.05, 4.69) is 28.9 Å². The molecule has 0 atom stereocenters. The zero-order valence-electron chi connectivity index (χ0n) is 12.9. The number of rotatable bonds is 10. The van der Waals surface area contributed by atoms with E-state index >= 15 is 0 Å². The fraction of sp³-hybridized carbons (Fsp3) is 0.438. The van der Waals surface area contributed by atoms with E-state index in [-0.39, 0.29) is 0 Å². The maximum Gasteiger partial charge on any atom is 0.153 e. The van der Waals surface area contributed by atoms with Gasteiger partial charge in [-0.3, -0.25) is 0 Å². The molecule has 5 nitrogen and oxygen atoms in total. The van der Waals surface area contributed by atoms with E-state index in [0.717, 1.165) is 24.2 Å². The van der Waals surface area contributed by atoms with Crippen LogP contribution in [0, 0.1) is 0 Å². The largest absolute Gasteiger partial charge is 0.391 e. The monoisotopic (exact) mass is 288 g/mol. The van der Waals surface area contributed by atoms with Crippen molar-refractivity contribution in [2.75, 3.05) is 5.01 Å². The molecule has 1 heterocycles. The molecule has 0 radical (unpaired) electrons. The van der Waals surface area contributed by atoms with Crippen LogP contribution in [0.3, 0.4) is 0 Å². The first-order chi connectivity index (χ1) is 10.3. The average Bonchev–Trinajstić information content (AvgIpc) is 2.52. The first-order valence-corrected chi connectivity index (χ1v) is 7.29. The number of hydrazone groups is 1. The van der Waals surface area contributed by atoms with Gasteiger partial charge >= 0.3 is 0 Å². The lowest BCUT2D eigenvalue weighted by atomic mass is 10.2. The molecule has 1 aromatic rings. The molecule has 0 bridgehead atoms. The number of oxime groups is 1. The summed E-state index contributed by atoms with van der Waals surface area (Å²) < 4.78 is 0. The molecule has 21 heavy (non-hydrogen) atoms. The Bertz CT molecular complexity index is 454. The predicted molar refractivity (Wildman–Crippen MR) is 88.5 cm³/mol. The summed E-state index contributed by atoms with van der Waals surface area (Å²) in [7, 11) is 0. The molecular weight excluding hydrogens is 264 g/mol. The standard InChI is InChI=1S/C16H24N4O/c1-4-6-7-8-11-19-21-14-15-9-10-16(18-13-15)20(17-3)12-5-2/h5,9-13H,3-4,6-8,14H2,1-2H3/b12-5-,19-11+. The third-order valence-electron chi connectivity index (χ3n) is 2.80. The number of allylic oxidation sites excluding steroid dienone is 1. The summed E-state index contributed by atoms with van der Waals surface area (Å²) in [4.78, 5) is 9.56. The minimum Gasteiger partial charge on any atom is -0.391 e. The van der Waals surface area contributed by atoms with Gasteiger partial charge in [-0.2, -0.15) is 5.10 Å². The van der Waals surface area contributed by atoms with E-state index < -0.39 is 0 Å². The molecule has 1 aromatic heterocycles. The van der Waals surface area contributed by atoms with Crippen LogP contribution in [0.5, 0.6) is 0 Å².